The van der Waals surface area contributed by atoms with E-state index in [0.29, 0.717) is 0 Å². The number of benzene rings is 1. The van der Waals surface area contributed by atoms with E-state index in [-0.39, 0.29) is 54.7 Å². The Bertz CT molecular complexity index is 1020. The van der Waals surface area contributed by atoms with Gasteiger partial charge in [-0.2, -0.15) is 13.2 Å². The molecule has 0 saturated heterocycles. The number of hydrogen-bond donors (Lipinski definition) is 3. The van der Waals surface area contributed by atoms with Gasteiger partial charge < -0.3 is 30.3 Å². The van der Waals surface area contributed by atoms with Crippen LogP contribution in [-0.4, -0.2) is 83.9 Å². The minimum atomic E-state index is -4.49. The number of carbonyl (C=O) groups is 3. The van der Waals surface area contributed by atoms with Crippen LogP contribution in [0.5, 0.6) is 5.75 Å². The molecule has 0 unspecified atom stereocenters. The number of nitrogens with one attached hydrogen (secondary N) is 2. The Morgan fingerprint density at radius 2 is 1.92 bits per heavy atom. The van der Waals surface area contributed by atoms with Gasteiger partial charge in [-0.05, 0) is 31.9 Å². The van der Waals surface area contributed by atoms with Crippen molar-refractivity contribution in [1.82, 2.24) is 15.1 Å². The summed E-state index contributed by atoms with van der Waals surface area (Å²) < 4.78 is 44.2. The molecule has 0 spiro atoms. The maximum Gasteiger partial charge on any atom is 0.389 e. The molecule has 0 radical (unpaired) electrons. The summed E-state index contributed by atoms with van der Waals surface area (Å²) in [6.45, 7) is 3.68. The molecule has 1 saturated carbocycles. The molecule has 3 rings (SSSR count). The van der Waals surface area contributed by atoms with Gasteiger partial charge in [0.05, 0.1) is 36.9 Å². The van der Waals surface area contributed by atoms with Crippen molar-refractivity contribution in [3.05, 3.63) is 23.8 Å². The molecule has 218 valence electrons. The topological polar surface area (TPSA) is 111 Å². The molecule has 12 heteroatoms. The first-order chi connectivity index (χ1) is 18.4. The highest BCUT2D eigenvalue weighted by molar-refractivity contribution is 6.01. The maximum atomic E-state index is 13.5. The summed E-state index contributed by atoms with van der Waals surface area (Å²) in [4.78, 5) is 41.8. The van der Waals surface area contributed by atoms with Crippen LogP contribution in [0.25, 0.3) is 0 Å². The standard InChI is InChI=1S/C27H39F3N4O5/c1-17-14-34(18(2)16-35)25(37)20-10-7-11-21(32-23(36)12-13-27(28,29)30)24(20)39-22(17)15-33(3)26(38)31-19-8-5-4-6-9-19/h7,10-11,17-19,22,35H,4-6,8-9,12-16H2,1-3H3,(H,31,38)(H,32,36)/t17-,18+,22+/m0/s1. The minimum absolute atomic E-state index is 0.0237. The number of urea groups is 1. The van der Waals surface area contributed by atoms with Gasteiger partial charge in [-0.1, -0.05) is 32.3 Å². The Labute approximate surface area is 227 Å². The largest absolute Gasteiger partial charge is 0.485 e. The highest BCUT2D eigenvalue weighted by atomic mass is 19.4. The zero-order valence-electron chi connectivity index (χ0n) is 22.7. The van der Waals surface area contributed by atoms with Crippen LogP contribution >= 0.6 is 0 Å². The molecule has 1 aliphatic heterocycles. The summed E-state index contributed by atoms with van der Waals surface area (Å²) in [6.07, 6.45) is -2.02. The van der Waals surface area contributed by atoms with Crippen LogP contribution < -0.4 is 15.4 Å². The predicted molar refractivity (Wildman–Crippen MR) is 140 cm³/mol. The summed E-state index contributed by atoms with van der Waals surface area (Å²) >= 11 is 0. The molecule has 4 amide bonds. The highest BCUT2D eigenvalue weighted by Gasteiger charge is 2.35. The number of halogens is 3. The number of aliphatic hydroxyl groups is 1. The second-order valence-corrected chi connectivity index (χ2v) is 10.6. The second kappa shape index (κ2) is 13.4. The lowest BCUT2D eigenvalue weighted by Crippen LogP contribution is -2.52. The van der Waals surface area contributed by atoms with Gasteiger partial charge in [0, 0.05) is 32.0 Å². The van der Waals surface area contributed by atoms with Crippen molar-refractivity contribution >= 4 is 23.5 Å². The van der Waals surface area contributed by atoms with Gasteiger partial charge in [-0.15, -0.1) is 0 Å². The predicted octanol–water partition coefficient (Wildman–Crippen LogP) is 4.16. The minimum Gasteiger partial charge on any atom is -0.485 e. The molecule has 1 aromatic rings. The van der Waals surface area contributed by atoms with E-state index < -0.39 is 43.0 Å². The molecule has 0 bridgehead atoms. The first-order valence-corrected chi connectivity index (χ1v) is 13.5. The number of ether oxygens (including phenoxy) is 1. The van der Waals surface area contributed by atoms with Gasteiger partial charge >= 0.3 is 12.2 Å². The summed E-state index contributed by atoms with van der Waals surface area (Å²) in [5.41, 5.74) is 0.174. The van der Waals surface area contributed by atoms with Gasteiger partial charge in [-0.3, -0.25) is 9.59 Å². The Kier molecular flexibility index (Phi) is 10.5. The molecule has 1 aromatic carbocycles. The average molecular weight is 557 g/mol. The zero-order valence-corrected chi connectivity index (χ0v) is 22.7. The number of likely N-dealkylation sites (N-methyl/N-ethyl adjacent to an activating group) is 1. The van der Waals surface area contributed by atoms with E-state index in [0.717, 1.165) is 32.1 Å². The summed E-state index contributed by atoms with van der Waals surface area (Å²) in [7, 11) is 1.65. The third-order valence-electron chi connectivity index (χ3n) is 7.33. The molecule has 39 heavy (non-hydrogen) atoms. The van der Waals surface area contributed by atoms with Crippen molar-refractivity contribution in [3.8, 4) is 5.75 Å². The van der Waals surface area contributed by atoms with Gasteiger partial charge in [0.2, 0.25) is 5.91 Å². The second-order valence-electron chi connectivity index (χ2n) is 10.6. The normalized spacial score (nSPS) is 21.2. The summed E-state index contributed by atoms with van der Waals surface area (Å²) in [5, 5.41) is 15.3. The molecule has 3 atom stereocenters. The number of alkyl halides is 3. The van der Waals surface area contributed by atoms with Crippen LogP contribution in [0.4, 0.5) is 23.7 Å². The third kappa shape index (κ3) is 8.48. The van der Waals surface area contributed by atoms with Crippen molar-refractivity contribution in [2.45, 2.75) is 83.2 Å². The average Bonchev–Trinajstić information content (AvgIpc) is 2.89. The highest BCUT2D eigenvalue weighted by Crippen LogP contribution is 2.35. The number of hydrogen-bond acceptors (Lipinski definition) is 5. The monoisotopic (exact) mass is 556 g/mol. The number of aliphatic hydroxyl groups excluding tert-OH is 1. The molecule has 3 N–H and O–H groups in total. The Balaban J connectivity index is 1.87. The van der Waals surface area contributed by atoms with Gasteiger partial charge in [0.15, 0.2) is 5.75 Å². The van der Waals surface area contributed by atoms with Gasteiger partial charge in [0.1, 0.15) is 6.10 Å². The fourth-order valence-electron chi connectivity index (χ4n) is 4.91. The van der Waals surface area contributed by atoms with E-state index in [1.54, 1.807) is 14.0 Å². The van der Waals surface area contributed by atoms with E-state index in [9.17, 15) is 32.7 Å². The lowest BCUT2D eigenvalue weighted by molar-refractivity contribution is -0.142. The van der Waals surface area contributed by atoms with Crippen LogP contribution in [0.3, 0.4) is 0 Å². The first-order valence-electron chi connectivity index (χ1n) is 13.5. The molecule has 1 fully saturated rings. The Morgan fingerprint density at radius 1 is 1.23 bits per heavy atom. The lowest BCUT2D eigenvalue weighted by Gasteiger charge is -2.38. The van der Waals surface area contributed by atoms with E-state index in [1.807, 2.05) is 6.92 Å². The van der Waals surface area contributed by atoms with Gasteiger partial charge in [0.25, 0.3) is 5.91 Å². The van der Waals surface area contributed by atoms with E-state index in [4.69, 9.17) is 4.74 Å². The van der Waals surface area contributed by atoms with Crippen molar-refractivity contribution in [2.24, 2.45) is 5.92 Å². The number of fused-ring (bicyclic) bond motifs is 1. The van der Waals surface area contributed by atoms with Crippen molar-refractivity contribution in [1.29, 1.82) is 0 Å². The smallest absolute Gasteiger partial charge is 0.389 e. The molecular weight excluding hydrogens is 517 g/mol. The van der Waals surface area contributed by atoms with Gasteiger partial charge in [-0.25, -0.2) is 4.79 Å². The fraction of sp³-hybridized carbons (Fsp3) is 0.667. The Morgan fingerprint density at radius 3 is 2.56 bits per heavy atom. The number of nitrogens with zero attached hydrogens (tertiary/aromatic N) is 2. The fourth-order valence-corrected chi connectivity index (χ4v) is 4.91. The van der Waals surface area contributed by atoms with Crippen LogP contribution in [0, 0.1) is 5.92 Å². The van der Waals surface area contributed by atoms with Crippen LogP contribution in [0.1, 0.15) is 69.2 Å². The quantitative estimate of drug-likeness (QED) is 0.445. The van der Waals surface area contributed by atoms with Crippen molar-refractivity contribution in [3.63, 3.8) is 0 Å². The Hall–Kier alpha value is -3.02. The molecule has 9 nitrogen and oxygen atoms in total. The molecule has 1 heterocycles. The first kappa shape index (κ1) is 30.5. The molecule has 0 aromatic heterocycles. The zero-order chi connectivity index (χ0) is 28.7. The number of rotatable bonds is 8. The number of amides is 4. The van der Waals surface area contributed by atoms with E-state index >= 15 is 0 Å². The number of anilines is 1. The van der Waals surface area contributed by atoms with E-state index in [1.165, 1.54) is 28.0 Å². The maximum absolute atomic E-state index is 13.5. The van der Waals surface area contributed by atoms with Crippen LogP contribution in [0.15, 0.2) is 18.2 Å². The summed E-state index contributed by atoms with van der Waals surface area (Å²) in [5.74, 6) is -1.58. The van der Waals surface area contributed by atoms with E-state index in [2.05, 4.69) is 10.6 Å². The number of carbonyl (C=O) groups excluding carboxylic acids is 3. The van der Waals surface area contributed by atoms with Crippen LogP contribution in [0.2, 0.25) is 0 Å². The van der Waals surface area contributed by atoms with Crippen molar-refractivity contribution in [2.75, 3.05) is 32.1 Å². The SMILES string of the molecule is C[C@H](CO)N1C[C@H](C)[C@@H](CN(C)C(=O)NC2CCCCC2)Oc2c(NC(=O)CCC(F)(F)F)cccc2C1=O. The molecule has 2 aliphatic rings. The number of para-hydroxylation sites is 1. The molecular formula is C27H39F3N4O5. The van der Waals surface area contributed by atoms with Crippen LogP contribution in [-0.2, 0) is 4.79 Å². The third-order valence-corrected chi connectivity index (χ3v) is 7.33. The molecule has 1 aliphatic carbocycles. The lowest BCUT2D eigenvalue weighted by atomic mass is 9.96. The summed E-state index contributed by atoms with van der Waals surface area (Å²) in [6, 6.07) is 3.81. The van der Waals surface area contributed by atoms with Crippen molar-refractivity contribution < 1.29 is 37.4 Å².